The molecule has 3 N–H and O–H groups in total. The molecule has 0 spiro atoms. The molecular weight excluding hydrogens is 238 g/mol. The summed E-state index contributed by atoms with van der Waals surface area (Å²) in [4.78, 5) is 4.77. The van der Waals surface area contributed by atoms with Crippen LogP contribution in [0.5, 0.6) is 0 Å². The third-order valence-electron chi connectivity index (χ3n) is 3.86. The second kappa shape index (κ2) is 4.85. The maximum Gasteiger partial charge on any atom is 0.113 e. The zero-order chi connectivity index (χ0) is 13.4. The van der Waals surface area contributed by atoms with Crippen LogP contribution >= 0.6 is 0 Å². The van der Waals surface area contributed by atoms with Gasteiger partial charge in [0.05, 0.1) is 11.0 Å². The number of nitrogens with zero attached hydrogens (tertiary/aromatic N) is 2. The van der Waals surface area contributed by atoms with Gasteiger partial charge in [-0.2, -0.15) is 0 Å². The van der Waals surface area contributed by atoms with Crippen molar-refractivity contribution in [1.29, 1.82) is 0 Å². The van der Waals surface area contributed by atoms with Gasteiger partial charge >= 0.3 is 0 Å². The molecule has 1 fully saturated rings. The Morgan fingerprint density at radius 2 is 2.26 bits per heavy atom. The summed E-state index contributed by atoms with van der Waals surface area (Å²) < 4.78 is 2.33. The number of anilines is 1. The second-order valence-corrected chi connectivity index (χ2v) is 5.72. The van der Waals surface area contributed by atoms with E-state index in [1.165, 1.54) is 24.2 Å². The summed E-state index contributed by atoms with van der Waals surface area (Å²) in [5.74, 6) is 2.28. The fraction of sp³-hybridized carbons (Fsp3) is 0.533. The van der Waals surface area contributed by atoms with Gasteiger partial charge < -0.3 is 15.4 Å². The lowest BCUT2D eigenvalue weighted by atomic mass is 10.1. The number of hydrogen-bond donors (Lipinski definition) is 2. The maximum absolute atomic E-state index is 9.06. The Morgan fingerprint density at radius 3 is 2.95 bits per heavy atom. The van der Waals surface area contributed by atoms with Crippen molar-refractivity contribution in [2.24, 2.45) is 5.92 Å². The molecule has 4 heteroatoms. The average Bonchev–Trinajstić information content (AvgIpc) is 3.14. The van der Waals surface area contributed by atoms with Gasteiger partial charge in [0.25, 0.3) is 0 Å². The number of nitrogen functional groups attached to an aromatic ring is 1. The number of aromatic nitrogens is 2. The van der Waals surface area contributed by atoms with Crippen LogP contribution in [0.2, 0.25) is 0 Å². The van der Waals surface area contributed by atoms with Gasteiger partial charge in [-0.15, -0.1) is 0 Å². The molecule has 0 aliphatic heterocycles. The van der Waals surface area contributed by atoms with Crippen molar-refractivity contribution in [1.82, 2.24) is 9.55 Å². The molecule has 0 bridgehead atoms. The SMILES string of the molecule is CC(CCO)Cn1c(C2CC2)nc2cc(N)ccc21. The van der Waals surface area contributed by atoms with Gasteiger partial charge in [-0.3, -0.25) is 0 Å². The van der Waals surface area contributed by atoms with Gasteiger partial charge in [-0.05, 0) is 43.4 Å². The van der Waals surface area contributed by atoms with E-state index in [-0.39, 0.29) is 6.61 Å². The number of hydrogen-bond acceptors (Lipinski definition) is 3. The largest absolute Gasteiger partial charge is 0.399 e. The number of fused-ring (bicyclic) bond motifs is 1. The van der Waals surface area contributed by atoms with Crippen molar-refractivity contribution in [3.8, 4) is 0 Å². The van der Waals surface area contributed by atoms with Gasteiger partial charge in [-0.1, -0.05) is 6.92 Å². The van der Waals surface area contributed by atoms with Crippen LogP contribution in [-0.2, 0) is 6.54 Å². The quantitative estimate of drug-likeness (QED) is 0.811. The topological polar surface area (TPSA) is 64.1 Å². The van der Waals surface area contributed by atoms with E-state index in [0.717, 1.165) is 24.2 Å². The number of nitrogens with two attached hydrogens (primary N) is 1. The first kappa shape index (κ1) is 12.5. The van der Waals surface area contributed by atoms with Crippen molar-refractivity contribution >= 4 is 16.7 Å². The van der Waals surface area contributed by atoms with Gasteiger partial charge in [0.2, 0.25) is 0 Å². The number of imidazole rings is 1. The molecule has 2 aromatic rings. The summed E-state index contributed by atoms with van der Waals surface area (Å²) in [7, 11) is 0. The summed E-state index contributed by atoms with van der Waals surface area (Å²) in [6.07, 6.45) is 3.32. The van der Waals surface area contributed by atoms with Crippen LogP contribution in [0.25, 0.3) is 11.0 Å². The minimum Gasteiger partial charge on any atom is -0.399 e. The summed E-state index contributed by atoms with van der Waals surface area (Å²) in [5.41, 5.74) is 8.77. The average molecular weight is 259 g/mol. The van der Waals surface area contributed by atoms with E-state index in [0.29, 0.717) is 11.8 Å². The smallest absolute Gasteiger partial charge is 0.113 e. The van der Waals surface area contributed by atoms with E-state index in [4.69, 9.17) is 15.8 Å². The minimum atomic E-state index is 0.250. The highest BCUT2D eigenvalue weighted by Gasteiger charge is 2.29. The molecule has 102 valence electrons. The summed E-state index contributed by atoms with van der Waals surface area (Å²) in [5, 5.41) is 9.06. The van der Waals surface area contributed by atoms with E-state index < -0.39 is 0 Å². The monoisotopic (exact) mass is 259 g/mol. The fourth-order valence-electron chi connectivity index (χ4n) is 2.63. The molecule has 4 nitrogen and oxygen atoms in total. The Morgan fingerprint density at radius 1 is 1.47 bits per heavy atom. The third-order valence-corrected chi connectivity index (χ3v) is 3.86. The van der Waals surface area contributed by atoms with Crippen LogP contribution < -0.4 is 5.73 Å². The maximum atomic E-state index is 9.06. The summed E-state index contributed by atoms with van der Waals surface area (Å²) in [6.45, 7) is 3.35. The zero-order valence-electron chi connectivity index (χ0n) is 11.3. The number of rotatable bonds is 5. The first-order valence-corrected chi connectivity index (χ1v) is 7.05. The molecule has 1 aromatic heterocycles. The van der Waals surface area contributed by atoms with Gasteiger partial charge in [0.1, 0.15) is 5.82 Å². The number of benzene rings is 1. The van der Waals surface area contributed by atoms with E-state index in [2.05, 4.69) is 17.6 Å². The van der Waals surface area contributed by atoms with E-state index in [9.17, 15) is 0 Å². The molecule has 19 heavy (non-hydrogen) atoms. The Balaban J connectivity index is 2.01. The number of aliphatic hydroxyl groups is 1. The van der Waals surface area contributed by atoms with Crippen LogP contribution in [0.1, 0.15) is 37.9 Å². The number of aliphatic hydroxyl groups excluding tert-OH is 1. The van der Waals surface area contributed by atoms with Crippen LogP contribution in [0.3, 0.4) is 0 Å². The molecular formula is C15H21N3O. The van der Waals surface area contributed by atoms with Crippen molar-refractivity contribution in [2.75, 3.05) is 12.3 Å². The van der Waals surface area contributed by atoms with E-state index >= 15 is 0 Å². The summed E-state index contributed by atoms with van der Waals surface area (Å²) in [6, 6.07) is 5.96. The predicted octanol–water partition coefficient (Wildman–Crippen LogP) is 2.51. The normalized spacial score (nSPS) is 16.9. The molecule has 1 heterocycles. The third kappa shape index (κ3) is 2.45. The lowest BCUT2D eigenvalue weighted by molar-refractivity contribution is 0.254. The van der Waals surface area contributed by atoms with Crippen molar-refractivity contribution in [3.63, 3.8) is 0 Å². The minimum absolute atomic E-state index is 0.250. The highest BCUT2D eigenvalue weighted by atomic mass is 16.3. The van der Waals surface area contributed by atoms with Crippen molar-refractivity contribution in [2.45, 2.75) is 38.6 Å². The molecule has 1 aliphatic rings. The lowest BCUT2D eigenvalue weighted by Gasteiger charge is -2.14. The van der Waals surface area contributed by atoms with Gasteiger partial charge in [0, 0.05) is 24.8 Å². The van der Waals surface area contributed by atoms with Crippen LogP contribution in [0, 0.1) is 5.92 Å². The Kier molecular flexibility index (Phi) is 3.19. The second-order valence-electron chi connectivity index (χ2n) is 5.72. The molecule has 1 aliphatic carbocycles. The van der Waals surface area contributed by atoms with Crippen LogP contribution in [0.4, 0.5) is 5.69 Å². The molecule has 1 atom stereocenters. The Labute approximate surface area is 113 Å². The highest BCUT2D eigenvalue weighted by molar-refractivity contribution is 5.79. The lowest BCUT2D eigenvalue weighted by Crippen LogP contribution is -2.11. The molecule has 0 radical (unpaired) electrons. The standard InChI is InChI=1S/C15H21N3O/c1-10(6-7-19)9-18-14-5-4-12(16)8-13(14)17-15(18)11-2-3-11/h4-5,8,10-11,19H,2-3,6-7,9,16H2,1H3. The zero-order valence-corrected chi connectivity index (χ0v) is 11.3. The van der Waals surface area contributed by atoms with Crippen molar-refractivity contribution in [3.05, 3.63) is 24.0 Å². The van der Waals surface area contributed by atoms with Crippen LogP contribution in [-0.4, -0.2) is 21.3 Å². The predicted molar refractivity (Wildman–Crippen MR) is 77.0 cm³/mol. The molecule has 1 unspecified atom stereocenters. The first-order chi connectivity index (χ1) is 9.19. The fourth-order valence-corrected chi connectivity index (χ4v) is 2.63. The molecule has 3 rings (SSSR count). The first-order valence-electron chi connectivity index (χ1n) is 7.05. The highest BCUT2D eigenvalue weighted by Crippen LogP contribution is 2.41. The van der Waals surface area contributed by atoms with Gasteiger partial charge in [-0.25, -0.2) is 4.98 Å². The van der Waals surface area contributed by atoms with E-state index in [1.54, 1.807) is 0 Å². The van der Waals surface area contributed by atoms with Crippen molar-refractivity contribution < 1.29 is 5.11 Å². The Bertz CT molecular complexity index is 586. The molecule has 1 aromatic carbocycles. The molecule has 0 amide bonds. The molecule has 1 saturated carbocycles. The van der Waals surface area contributed by atoms with E-state index in [1.807, 2.05) is 12.1 Å². The van der Waals surface area contributed by atoms with Gasteiger partial charge in [0.15, 0.2) is 0 Å². The summed E-state index contributed by atoms with van der Waals surface area (Å²) >= 11 is 0. The Hall–Kier alpha value is -1.55. The van der Waals surface area contributed by atoms with Crippen LogP contribution in [0.15, 0.2) is 18.2 Å². The molecule has 0 saturated heterocycles.